The Morgan fingerprint density at radius 1 is 1.05 bits per heavy atom. The first kappa shape index (κ1) is 15.9. The fourth-order valence-electron chi connectivity index (χ4n) is 1.94. The van der Waals surface area contributed by atoms with Gasteiger partial charge in [0.2, 0.25) is 0 Å². The van der Waals surface area contributed by atoms with Crippen molar-refractivity contribution in [1.29, 1.82) is 0 Å². The van der Waals surface area contributed by atoms with Gasteiger partial charge < -0.3 is 14.2 Å². The molecule has 0 bridgehead atoms. The van der Waals surface area contributed by atoms with Crippen LogP contribution in [0.3, 0.4) is 0 Å². The predicted octanol–water partition coefficient (Wildman–Crippen LogP) is 3.84. The van der Waals surface area contributed by atoms with E-state index in [4.69, 9.17) is 14.2 Å². The first-order valence-electron chi connectivity index (χ1n) is 7.26. The molecule has 116 valence electrons. The second-order valence-electron chi connectivity index (χ2n) is 4.77. The standard InChI is InChI=1S/C18H20O4/c1-3-11-21-17-12-15(9-10-16(17)18(19)20-2)22-13-14-7-5-4-6-8-14/h4-10,12H,3,11,13H2,1-2H3. The van der Waals surface area contributed by atoms with Crippen molar-refractivity contribution in [2.24, 2.45) is 0 Å². The summed E-state index contributed by atoms with van der Waals surface area (Å²) >= 11 is 0. The van der Waals surface area contributed by atoms with Gasteiger partial charge in [0.1, 0.15) is 23.7 Å². The fraction of sp³-hybridized carbons (Fsp3) is 0.278. The van der Waals surface area contributed by atoms with E-state index in [1.54, 1.807) is 18.2 Å². The average Bonchev–Trinajstić information content (AvgIpc) is 2.58. The third-order valence-electron chi connectivity index (χ3n) is 3.07. The van der Waals surface area contributed by atoms with Crippen LogP contribution in [0.5, 0.6) is 11.5 Å². The average molecular weight is 300 g/mol. The maximum Gasteiger partial charge on any atom is 0.341 e. The van der Waals surface area contributed by atoms with Crippen LogP contribution in [0.1, 0.15) is 29.3 Å². The maximum absolute atomic E-state index is 11.7. The van der Waals surface area contributed by atoms with Crippen molar-refractivity contribution in [3.05, 3.63) is 59.7 Å². The van der Waals surface area contributed by atoms with Gasteiger partial charge in [-0.25, -0.2) is 4.79 Å². The van der Waals surface area contributed by atoms with Crippen molar-refractivity contribution in [3.8, 4) is 11.5 Å². The van der Waals surface area contributed by atoms with Crippen molar-refractivity contribution in [3.63, 3.8) is 0 Å². The van der Waals surface area contributed by atoms with Gasteiger partial charge >= 0.3 is 5.97 Å². The number of hydrogen-bond donors (Lipinski definition) is 0. The zero-order chi connectivity index (χ0) is 15.8. The van der Waals surface area contributed by atoms with Crippen LogP contribution < -0.4 is 9.47 Å². The highest BCUT2D eigenvalue weighted by molar-refractivity contribution is 5.92. The third kappa shape index (κ3) is 4.25. The Kier molecular flexibility index (Phi) is 5.83. The normalized spacial score (nSPS) is 10.1. The minimum Gasteiger partial charge on any atom is -0.493 e. The molecule has 0 saturated heterocycles. The van der Waals surface area contributed by atoms with Gasteiger partial charge in [-0.2, -0.15) is 0 Å². The molecule has 0 fully saturated rings. The summed E-state index contributed by atoms with van der Waals surface area (Å²) in [6.07, 6.45) is 0.857. The summed E-state index contributed by atoms with van der Waals surface area (Å²) in [5, 5.41) is 0. The van der Waals surface area contributed by atoms with Crippen LogP contribution in [0.25, 0.3) is 0 Å². The zero-order valence-corrected chi connectivity index (χ0v) is 12.9. The first-order chi connectivity index (χ1) is 10.7. The van der Waals surface area contributed by atoms with E-state index >= 15 is 0 Å². The van der Waals surface area contributed by atoms with E-state index in [9.17, 15) is 4.79 Å². The molecule has 2 aromatic carbocycles. The van der Waals surface area contributed by atoms with Gasteiger partial charge in [-0.3, -0.25) is 0 Å². The fourth-order valence-corrected chi connectivity index (χ4v) is 1.94. The smallest absolute Gasteiger partial charge is 0.341 e. The summed E-state index contributed by atoms with van der Waals surface area (Å²) in [4.78, 5) is 11.7. The Morgan fingerprint density at radius 2 is 1.82 bits per heavy atom. The molecular formula is C18H20O4. The number of esters is 1. The Balaban J connectivity index is 2.13. The second-order valence-corrected chi connectivity index (χ2v) is 4.77. The maximum atomic E-state index is 11.7. The second kappa shape index (κ2) is 8.08. The number of carbonyl (C=O) groups excluding carboxylic acids is 1. The molecule has 2 aromatic rings. The lowest BCUT2D eigenvalue weighted by Gasteiger charge is -2.12. The summed E-state index contributed by atoms with van der Waals surface area (Å²) in [6.45, 7) is 3.01. The van der Waals surface area contributed by atoms with Gasteiger partial charge in [-0.15, -0.1) is 0 Å². The molecule has 0 heterocycles. The van der Waals surface area contributed by atoms with Crippen molar-refractivity contribution < 1.29 is 19.0 Å². The van der Waals surface area contributed by atoms with E-state index in [-0.39, 0.29) is 0 Å². The van der Waals surface area contributed by atoms with Crippen LogP contribution >= 0.6 is 0 Å². The molecule has 4 heteroatoms. The molecule has 0 amide bonds. The summed E-state index contributed by atoms with van der Waals surface area (Å²) < 4.78 is 16.1. The predicted molar refractivity (Wildman–Crippen MR) is 84.3 cm³/mol. The monoisotopic (exact) mass is 300 g/mol. The van der Waals surface area contributed by atoms with E-state index in [0.29, 0.717) is 30.3 Å². The molecule has 0 aliphatic carbocycles. The van der Waals surface area contributed by atoms with Crippen LogP contribution in [-0.4, -0.2) is 19.7 Å². The molecule has 0 spiro atoms. The van der Waals surface area contributed by atoms with Crippen molar-refractivity contribution in [2.45, 2.75) is 20.0 Å². The molecule has 4 nitrogen and oxygen atoms in total. The van der Waals surface area contributed by atoms with Crippen LogP contribution in [0.15, 0.2) is 48.5 Å². The molecule has 0 saturated carbocycles. The Labute approximate surface area is 130 Å². The summed E-state index contributed by atoms with van der Waals surface area (Å²) in [5.41, 5.74) is 1.48. The molecule has 0 aromatic heterocycles. The van der Waals surface area contributed by atoms with E-state index in [0.717, 1.165) is 12.0 Å². The lowest BCUT2D eigenvalue weighted by atomic mass is 10.2. The number of ether oxygens (including phenoxy) is 3. The van der Waals surface area contributed by atoms with Gasteiger partial charge in [0.05, 0.1) is 13.7 Å². The number of benzene rings is 2. The Hall–Kier alpha value is -2.49. The summed E-state index contributed by atoms with van der Waals surface area (Å²) in [6, 6.07) is 15.0. The molecule has 0 aliphatic rings. The Morgan fingerprint density at radius 3 is 2.50 bits per heavy atom. The van der Waals surface area contributed by atoms with Crippen LogP contribution in [0.4, 0.5) is 0 Å². The lowest BCUT2D eigenvalue weighted by Crippen LogP contribution is -2.07. The van der Waals surface area contributed by atoms with E-state index < -0.39 is 5.97 Å². The minimum atomic E-state index is -0.416. The number of carbonyl (C=O) groups is 1. The molecule has 0 aliphatic heterocycles. The molecule has 0 radical (unpaired) electrons. The van der Waals surface area contributed by atoms with Crippen molar-refractivity contribution in [2.75, 3.05) is 13.7 Å². The minimum absolute atomic E-state index is 0.406. The van der Waals surface area contributed by atoms with Gasteiger partial charge in [-0.1, -0.05) is 37.3 Å². The molecule has 0 atom stereocenters. The molecule has 22 heavy (non-hydrogen) atoms. The number of hydrogen-bond acceptors (Lipinski definition) is 4. The summed E-state index contributed by atoms with van der Waals surface area (Å²) in [7, 11) is 1.35. The van der Waals surface area contributed by atoms with Gasteiger partial charge in [0, 0.05) is 6.07 Å². The topological polar surface area (TPSA) is 44.8 Å². The van der Waals surface area contributed by atoms with Crippen LogP contribution in [0, 0.1) is 0 Å². The van der Waals surface area contributed by atoms with E-state index in [2.05, 4.69) is 0 Å². The number of methoxy groups -OCH3 is 1. The lowest BCUT2D eigenvalue weighted by molar-refractivity contribution is 0.0596. The van der Waals surface area contributed by atoms with Crippen molar-refractivity contribution >= 4 is 5.97 Å². The third-order valence-corrected chi connectivity index (χ3v) is 3.07. The largest absolute Gasteiger partial charge is 0.493 e. The zero-order valence-electron chi connectivity index (χ0n) is 12.9. The molecule has 2 rings (SSSR count). The van der Waals surface area contributed by atoms with Gasteiger partial charge in [0.15, 0.2) is 0 Å². The quantitative estimate of drug-likeness (QED) is 0.729. The van der Waals surface area contributed by atoms with E-state index in [1.807, 2.05) is 37.3 Å². The van der Waals surface area contributed by atoms with Crippen LogP contribution in [0.2, 0.25) is 0 Å². The van der Waals surface area contributed by atoms with E-state index in [1.165, 1.54) is 7.11 Å². The van der Waals surface area contributed by atoms with Crippen molar-refractivity contribution in [1.82, 2.24) is 0 Å². The van der Waals surface area contributed by atoms with Gasteiger partial charge in [0.25, 0.3) is 0 Å². The number of rotatable bonds is 7. The molecule has 0 unspecified atom stereocenters. The highest BCUT2D eigenvalue weighted by Crippen LogP contribution is 2.26. The first-order valence-corrected chi connectivity index (χ1v) is 7.26. The SMILES string of the molecule is CCCOc1cc(OCc2ccccc2)ccc1C(=O)OC. The van der Waals surface area contributed by atoms with Crippen LogP contribution in [-0.2, 0) is 11.3 Å². The van der Waals surface area contributed by atoms with Gasteiger partial charge in [-0.05, 0) is 24.1 Å². The highest BCUT2D eigenvalue weighted by Gasteiger charge is 2.14. The summed E-state index contributed by atoms with van der Waals surface area (Å²) in [5.74, 6) is 0.725. The highest BCUT2D eigenvalue weighted by atomic mass is 16.5. The molecular weight excluding hydrogens is 280 g/mol. The Bertz CT molecular complexity index is 608. The molecule has 0 N–H and O–H groups in total.